The van der Waals surface area contributed by atoms with Gasteiger partial charge in [-0.15, -0.1) is 0 Å². The minimum absolute atomic E-state index is 0.0637. The van der Waals surface area contributed by atoms with Crippen LogP contribution in [0.25, 0.3) is 0 Å². The number of carbonyl (C=O) groups excluding carboxylic acids is 1. The van der Waals surface area contributed by atoms with Gasteiger partial charge in [-0.25, -0.2) is 14.8 Å². The number of aromatic nitrogens is 2. The molecule has 2 aliphatic heterocycles. The first kappa shape index (κ1) is 20.4. The van der Waals surface area contributed by atoms with Crippen molar-refractivity contribution in [3.63, 3.8) is 0 Å². The summed E-state index contributed by atoms with van der Waals surface area (Å²) in [7, 11) is 0. The molecular formula is C22H31N7O. The second-order valence-corrected chi connectivity index (χ2v) is 7.77. The van der Waals surface area contributed by atoms with Gasteiger partial charge < -0.3 is 20.0 Å². The van der Waals surface area contributed by atoms with Crippen LogP contribution in [0.2, 0.25) is 0 Å². The molecule has 0 radical (unpaired) electrons. The molecule has 2 amide bonds. The molecule has 0 spiro atoms. The SMILES string of the molecule is O=C(NCCCN1CCN(c2ncccn2)CC1)N1CCN(c2ccccc2)CC1. The summed E-state index contributed by atoms with van der Waals surface area (Å²) in [6, 6.07) is 12.3. The molecule has 160 valence electrons. The van der Waals surface area contributed by atoms with Crippen LogP contribution in [0.15, 0.2) is 48.8 Å². The van der Waals surface area contributed by atoms with E-state index in [4.69, 9.17) is 0 Å². The van der Waals surface area contributed by atoms with Gasteiger partial charge in [-0.3, -0.25) is 4.90 Å². The van der Waals surface area contributed by atoms with Crippen molar-refractivity contribution in [1.82, 2.24) is 25.1 Å². The first-order valence-corrected chi connectivity index (χ1v) is 10.9. The van der Waals surface area contributed by atoms with Crippen molar-refractivity contribution in [3.05, 3.63) is 48.8 Å². The second kappa shape index (κ2) is 10.2. The van der Waals surface area contributed by atoms with Crippen LogP contribution in [0, 0.1) is 0 Å². The molecule has 1 aromatic carbocycles. The standard InChI is InChI=1S/C22H31N7O/c30-22(29-18-16-27(17-19-29)20-6-2-1-3-7-20)25-10-5-11-26-12-14-28(15-13-26)21-23-8-4-9-24-21/h1-4,6-9H,5,10-19H2,(H,25,30). The predicted molar refractivity (Wildman–Crippen MR) is 119 cm³/mol. The van der Waals surface area contributed by atoms with Crippen LogP contribution in [0.1, 0.15) is 6.42 Å². The number of nitrogens with zero attached hydrogens (tertiary/aromatic N) is 6. The molecule has 0 saturated carbocycles. The molecule has 8 heteroatoms. The predicted octanol–water partition coefficient (Wildman–Crippen LogP) is 1.52. The monoisotopic (exact) mass is 409 g/mol. The zero-order chi connectivity index (χ0) is 20.6. The molecule has 1 aromatic heterocycles. The Hall–Kier alpha value is -2.87. The van der Waals surface area contributed by atoms with Gasteiger partial charge in [0.15, 0.2) is 0 Å². The molecule has 0 aliphatic carbocycles. The Balaban J connectivity index is 1.09. The third-order valence-corrected chi connectivity index (χ3v) is 5.82. The number of carbonyl (C=O) groups is 1. The van der Waals surface area contributed by atoms with Gasteiger partial charge in [0, 0.05) is 77.0 Å². The normalized spacial score (nSPS) is 17.8. The highest BCUT2D eigenvalue weighted by atomic mass is 16.2. The summed E-state index contributed by atoms with van der Waals surface area (Å²) in [6.45, 7) is 8.94. The largest absolute Gasteiger partial charge is 0.368 e. The Bertz CT molecular complexity index is 773. The number of piperazine rings is 2. The number of benzene rings is 1. The molecule has 0 unspecified atom stereocenters. The van der Waals surface area contributed by atoms with Gasteiger partial charge in [-0.1, -0.05) is 18.2 Å². The van der Waals surface area contributed by atoms with E-state index in [1.165, 1.54) is 5.69 Å². The molecule has 3 heterocycles. The lowest BCUT2D eigenvalue weighted by Gasteiger charge is -2.36. The van der Waals surface area contributed by atoms with E-state index in [2.05, 4.69) is 54.2 Å². The summed E-state index contributed by atoms with van der Waals surface area (Å²) in [5.41, 5.74) is 1.23. The van der Waals surface area contributed by atoms with E-state index in [0.717, 1.165) is 77.8 Å². The fourth-order valence-electron chi connectivity index (χ4n) is 4.04. The summed E-state index contributed by atoms with van der Waals surface area (Å²) in [5, 5.41) is 3.09. The second-order valence-electron chi connectivity index (χ2n) is 7.77. The summed E-state index contributed by atoms with van der Waals surface area (Å²) >= 11 is 0. The molecule has 2 aliphatic rings. The Kier molecular flexibility index (Phi) is 6.97. The van der Waals surface area contributed by atoms with E-state index >= 15 is 0 Å². The maximum absolute atomic E-state index is 12.5. The van der Waals surface area contributed by atoms with Crippen molar-refractivity contribution < 1.29 is 4.79 Å². The van der Waals surface area contributed by atoms with Crippen molar-refractivity contribution in [2.75, 3.05) is 75.2 Å². The van der Waals surface area contributed by atoms with Gasteiger partial charge in [0.25, 0.3) is 0 Å². The topological polar surface area (TPSA) is 67.8 Å². The number of amides is 2. The minimum Gasteiger partial charge on any atom is -0.368 e. The number of urea groups is 1. The summed E-state index contributed by atoms with van der Waals surface area (Å²) in [5.74, 6) is 0.816. The molecule has 8 nitrogen and oxygen atoms in total. The number of nitrogens with one attached hydrogen (secondary N) is 1. The fourth-order valence-corrected chi connectivity index (χ4v) is 4.04. The Morgan fingerprint density at radius 1 is 0.833 bits per heavy atom. The van der Waals surface area contributed by atoms with Crippen molar-refractivity contribution >= 4 is 17.7 Å². The summed E-state index contributed by atoms with van der Waals surface area (Å²) < 4.78 is 0. The fraction of sp³-hybridized carbons (Fsp3) is 0.500. The van der Waals surface area contributed by atoms with Crippen LogP contribution in [0.5, 0.6) is 0 Å². The van der Waals surface area contributed by atoms with Crippen molar-refractivity contribution in [2.24, 2.45) is 0 Å². The van der Waals surface area contributed by atoms with Gasteiger partial charge in [0.05, 0.1) is 0 Å². The van der Waals surface area contributed by atoms with Crippen LogP contribution >= 0.6 is 0 Å². The van der Waals surface area contributed by atoms with Crippen LogP contribution in [-0.4, -0.2) is 91.2 Å². The van der Waals surface area contributed by atoms with Gasteiger partial charge in [-0.2, -0.15) is 0 Å². The van der Waals surface area contributed by atoms with E-state index in [9.17, 15) is 4.79 Å². The Morgan fingerprint density at radius 3 is 2.20 bits per heavy atom. The van der Waals surface area contributed by atoms with Crippen LogP contribution < -0.4 is 15.1 Å². The van der Waals surface area contributed by atoms with E-state index in [0.29, 0.717) is 0 Å². The van der Waals surface area contributed by atoms with Gasteiger partial charge >= 0.3 is 6.03 Å². The first-order chi connectivity index (χ1) is 14.8. The summed E-state index contributed by atoms with van der Waals surface area (Å²) in [6.07, 6.45) is 4.55. The third kappa shape index (κ3) is 5.38. The molecule has 1 N–H and O–H groups in total. The highest BCUT2D eigenvalue weighted by Crippen LogP contribution is 2.15. The highest BCUT2D eigenvalue weighted by Gasteiger charge is 2.21. The lowest BCUT2D eigenvalue weighted by atomic mass is 10.2. The number of anilines is 2. The lowest BCUT2D eigenvalue weighted by Crippen LogP contribution is -2.52. The average molecular weight is 410 g/mol. The van der Waals surface area contributed by atoms with Crippen LogP contribution in [-0.2, 0) is 0 Å². The molecule has 2 fully saturated rings. The van der Waals surface area contributed by atoms with Crippen LogP contribution in [0.4, 0.5) is 16.4 Å². The van der Waals surface area contributed by atoms with Gasteiger partial charge in [0.2, 0.25) is 5.95 Å². The summed E-state index contributed by atoms with van der Waals surface area (Å²) in [4.78, 5) is 30.1. The molecule has 2 saturated heterocycles. The molecule has 0 atom stereocenters. The number of hydrogen-bond acceptors (Lipinski definition) is 6. The first-order valence-electron chi connectivity index (χ1n) is 10.9. The Labute approximate surface area is 178 Å². The molecule has 2 aromatic rings. The van der Waals surface area contributed by atoms with E-state index in [-0.39, 0.29) is 6.03 Å². The van der Waals surface area contributed by atoms with E-state index in [1.54, 1.807) is 12.4 Å². The van der Waals surface area contributed by atoms with Crippen molar-refractivity contribution in [1.29, 1.82) is 0 Å². The average Bonchev–Trinajstić information content (AvgIpc) is 2.83. The smallest absolute Gasteiger partial charge is 0.317 e. The quantitative estimate of drug-likeness (QED) is 0.730. The molecule has 0 bridgehead atoms. The zero-order valence-corrected chi connectivity index (χ0v) is 17.5. The number of hydrogen-bond donors (Lipinski definition) is 1. The minimum atomic E-state index is 0.0637. The van der Waals surface area contributed by atoms with Crippen LogP contribution in [0.3, 0.4) is 0 Å². The van der Waals surface area contributed by atoms with E-state index < -0.39 is 0 Å². The highest BCUT2D eigenvalue weighted by molar-refractivity contribution is 5.74. The van der Waals surface area contributed by atoms with Gasteiger partial charge in [-0.05, 0) is 31.2 Å². The van der Waals surface area contributed by atoms with E-state index in [1.807, 2.05) is 17.0 Å². The number of para-hydroxylation sites is 1. The molecule has 30 heavy (non-hydrogen) atoms. The number of rotatable bonds is 6. The third-order valence-electron chi connectivity index (χ3n) is 5.82. The lowest BCUT2D eigenvalue weighted by molar-refractivity contribution is 0.193. The molecule has 4 rings (SSSR count). The Morgan fingerprint density at radius 2 is 1.50 bits per heavy atom. The van der Waals surface area contributed by atoms with Crippen molar-refractivity contribution in [3.8, 4) is 0 Å². The maximum Gasteiger partial charge on any atom is 0.317 e. The molecular weight excluding hydrogens is 378 g/mol. The van der Waals surface area contributed by atoms with Crippen molar-refractivity contribution in [2.45, 2.75) is 6.42 Å². The van der Waals surface area contributed by atoms with Gasteiger partial charge in [0.1, 0.15) is 0 Å². The zero-order valence-electron chi connectivity index (χ0n) is 17.5. The maximum atomic E-state index is 12.5.